The van der Waals surface area contributed by atoms with Gasteiger partial charge in [-0.1, -0.05) is 17.7 Å². The maximum atomic E-state index is 12.2. The highest BCUT2D eigenvalue weighted by Crippen LogP contribution is 2.23. The lowest BCUT2D eigenvalue weighted by molar-refractivity contribution is 0.465. The van der Waals surface area contributed by atoms with Crippen molar-refractivity contribution in [2.45, 2.75) is 5.92 Å². The lowest BCUT2D eigenvalue weighted by Gasteiger charge is -2.07. The van der Waals surface area contributed by atoms with Gasteiger partial charge in [0.2, 0.25) is 0 Å². The molecule has 65 valence electrons. The van der Waals surface area contributed by atoms with E-state index in [1.807, 2.05) is 12.1 Å². The van der Waals surface area contributed by atoms with Gasteiger partial charge in [0.15, 0.2) is 0 Å². The molecular weight excluding hydrogens is 289 g/mol. The summed E-state index contributed by atoms with van der Waals surface area (Å²) in [6.07, 6.45) is 0. The summed E-state index contributed by atoms with van der Waals surface area (Å²) in [6.45, 7) is 3.21. The molecule has 0 aliphatic heterocycles. The van der Waals surface area contributed by atoms with E-state index in [1.54, 1.807) is 6.07 Å². The van der Waals surface area contributed by atoms with Crippen LogP contribution in [0.2, 0.25) is 5.02 Å². The van der Waals surface area contributed by atoms with Gasteiger partial charge in [0.05, 0.1) is 11.7 Å². The molecule has 0 aliphatic rings. The largest absolute Gasteiger partial charge is 0.250 e. The monoisotopic (exact) mass is 297 g/mol. The van der Waals surface area contributed by atoms with Crippen molar-refractivity contribution in [3.05, 3.63) is 39.3 Å². The Labute approximate surface area is 90.3 Å². The number of hydrogen-bond donors (Lipinski definition) is 0. The molecule has 0 saturated heterocycles. The molecule has 0 N–H and O–H groups in total. The molecule has 0 heterocycles. The smallest absolute Gasteiger partial charge is 0.0962 e. The number of rotatable bonds is 2. The molecule has 0 aliphatic carbocycles. The minimum atomic E-state index is -0.447. The summed E-state index contributed by atoms with van der Waals surface area (Å²) in [7, 11) is 0. The molecular formula is C9H8ClFI. The maximum Gasteiger partial charge on any atom is 0.0962 e. The van der Waals surface area contributed by atoms with Crippen LogP contribution in [-0.4, -0.2) is 6.67 Å². The Hall–Kier alpha value is 0.170. The van der Waals surface area contributed by atoms with Gasteiger partial charge in [0.1, 0.15) is 0 Å². The van der Waals surface area contributed by atoms with Gasteiger partial charge >= 0.3 is 0 Å². The van der Waals surface area contributed by atoms with Crippen LogP contribution < -0.4 is 0 Å². The molecule has 3 heteroatoms. The van der Waals surface area contributed by atoms with E-state index in [2.05, 4.69) is 29.5 Å². The molecule has 0 aromatic heterocycles. The van der Waals surface area contributed by atoms with Crippen molar-refractivity contribution in [1.29, 1.82) is 0 Å². The molecule has 12 heavy (non-hydrogen) atoms. The second kappa shape index (κ2) is 4.42. The molecule has 0 nitrogen and oxygen atoms in total. The Morgan fingerprint density at radius 3 is 2.75 bits per heavy atom. The van der Waals surface area contributed by atoms with E-state index in [-0.39, 0.29) is 5.92 Å². The fourth-order valence-electron chi connectivity index (χ4n) is 0.855. The summed E-state index contributed by atoms with van der Waals surface area (Å²) in [5, 5.41) is 0.662. The summed E-state index contributed by atoms with van der Waals surface area (Å²) in [5.41, 5.74) is 0.850. The predicted octanol–water partition coefficient (Wildman–Crippen LogP) is 3.83. The third-order valence-corrected chi connectivity index (χ3v) is 3.17. The van der Waals surface area contributed by atoms with Gasteiger partial charge in [-0.15, -0.1) is 0 Å². The fraction of sp³-hybridized carbons (Fsp3) is 0.222. The molecule has 0 fully saturated rings. The van der Waals surface area contributed by atoms with Crippen molar-refractivity contribution in [2.24, 2.45) is 0 Å². The van der Waals surface area contributed by atoms with Gasteiger partial charge < -0.3 is 0 Å². The first-order valence-electron chi connectivity index (χ1n) is 3.49. The topological polar surface area (TPSA) is 0 Å². The predicted molar refractivity (Wildman–Crippen MR) is 58.2 cm³/mol. The van der Waals surface area contributed by atoms with Crippen molar-refractivity contribution in [2.75, 3.05) is 6.67 Å². The second-order valence-corrected chi connectivity index (χ2v) is 4.09. The van der Waals surface area contributed by atoms with E-state index in [0.29, 0.717) is 5.02 Å². The lowest BCUT2D eigenvalue weighted by atomic mass is 10.0. The molecule has 0 bridgehead atoms. The second-order valence-electron chi connectivity index (χ2n) is 2.52. The molecule has 0 amide bonds. The number of halogens is 3. The van der Waals surface area contributed by atoms with Gasteiger partial charge in [-0.2, -0.15) is 0 Å². The normalized spacial score (nSPS) is 13.0. The molecule has 1 radical (unpaired) electrons. The highest BCUT2D eigenvalue weighted by molar-refractivity contribution is 14.1. The average Bonchev–Trinajstić information content (AvgIpc) is 2.08. The molecule has 0 spiro atoms. The standard InChI is InChI=1S/C9H8ClFI/c1-6(5-11)7-2-3-9(12)8(10)4-7/h2-4,6H,1,5H2. The summed E-state index contributed by atoms with van der Waals surface area (Å²) in [4.78, 5) is 0. The number of alkyl halides is 1. The van der Waals surface area contributed by atoms with E-state index >= 15 is 0 Å². The Morgan fingerprint density at radius 1 is 1.58 bits per heavy atom. The summed E-state index contributed by atoms with van der Waals surface area (Å²) < 4.78 is 13.2. The van der Waals surface area contributed by atoms with Crippen LogP contribution in [-0.2, 0) is 0 Å². The highest BCUT2D eigenvalue weighted by atomic mass is 127. The Kier molecular flexibility index (Phi) is 3.77. The summed E-state index contributed by atoms with van der Waals surface area (Å²) in [5.74, 6) is -0.306. The van der Waals surface area contributed by atoms with Crippen LogP contribution in [0.5, 0.6) is 0 Å². The minimum absolute atomic E-state index is 0.306. The molecule has 1 atom stereocenters. The van der Waals surface area contributed by atoms with Crippen LogP contribution in [0.4, 0.5) is 4.39 Å². The van der Waals surface area contributed by atoms with E-state index < -0.39 is 6.67 Å². The van der Waals surface area contributed by atoms with Crippen LogP contribution in [0.15, 0.2) is 18.2 Å². The van der Waals surface area contributed by atoms with Gasteiger partial charge in [-0.05, 0) is 47.2 Å². The zero-order valence-electron chi connectivity index (χ0n) is 6.36. The average molecular weight is 298 g/mol. The van der Waals surface area contributed by atoms with Crippen LogP contribution in [0, 0.1) is 10.5 Å². The van der Waals surface area contributed by atoms with E-state index in [4.69, 9.17) is 11.6 Å². The van der Waals surface area contributed by atoms with Crippen molar-refractivity contribution in [3.8, 4) is 0 Å². The molecule has 1 unspecified atom stereocenters. The summed E-state index contributed by atoms with van der Waals surface area (Å²) in [6, 6.07) is 5.48. The lowest BCUT2D eigenvalue weighted by Crippen LogP contribution is -1.95. The molecule has 0 saturated carbocycles. The van der Waals surface area contributed by atoms with Crippen LogP contribution >= 0.6 is 34.2 Å². The minimum Gasteiger partial charge on any atom is -0.250 e. The maximum absolute atomic E-state index is 12.2. The van der Waals surface area contributed by atoms with E-state index in [0.717, 1.165) is 9.13 Å². The van der Waals surface area contributed by atoms with Crippen molar-refractivity contribution < 1.29 is 4.39 Å². The van der Waals surface area contributed by atoms with Crippen molar-refractivity contribution >= 4 is 34.2 Å². The third-order valence-electron chi connectivity index (χ3n) is 1.60. The SMILES string of the molecule is [CH2]C(CF)c1ccc(I)c(Cl)c1. The molecule has 1 aromatic rings. The number of benzene rings is 1. The fourth-order valence-corrected chi connectivity index (χ4v) is 1.38. The first-order chi connectivity index (χ1) is 5.65. The third kappa shape index (κ3) is 2.33. The van der Waals surface area contributed by atoms with Gasteiger partial charge in [0, 0.05) is 9.49 Å². The first kappa shape index (κ1) is 10.3. The first-order valence-corrected chi connectivity index (χ1v) is 4.95. The van der Waals surface area contributed by atoms with Crippen molar-refractivity contribution in [3.63, 3.8) is 0 Å². The Bertz CT molecular complexity index is 275. The van der Waals surface area contributed by atoms with Gasteiger partial charge in [0.25, 0.3) is 0 Å². The van der Waals surface area contributed by atoms with E-state index in [9.17, 15) is 4.39 Å². The Morgan fingerprint density at radius 2 is 2.25 bits per heavy atom. The zero-order chi connectivity index (χ0) is 9.14. The highest BCUT2D eigenvalue weighted by Gasteiger charge is 2.06. The molecule has 1 aromatic carbocycles. The van der Waals surface area contributed by atoms with Crippen molar-refractivity contribution in [1.82, 2.24) is 0 Å². The summed E-state index contributed by atoms with van der Waals surface area (Å²) >= 11 is 7.99. The molecule has 1 rings (SSSR count). The van der Waals surface area contributed by atoms with E-state index in [1.165, 1.54) is 0 Å². The Balaban J connectivity index is 2.96. The van der Waals surface area contributed by atoms with Crippen LogP contribution in [0.1, 0.15) is 11.5 Å². The van der Waals surface area contributed by atoms with Crippen LogP contribution in [0.25, 0.3) is 0 Å². The zero-order valence-corrected chi connectivity index (χ0v) is 9.27. The number of hydrogen-bond acceptors (Lipinski definition) is 0. The quantitative estimate of drug-likeness (QED) is 0.728. The van der Waals surface area contributed by atoms with Crippen LogP contribution in [0.3, 0.4) is 0 Å². The van der Waals surface area contributed by atoms with Gasteiger partial charge in [-0.3, -0.25) is 4.39 Å². The van der Waals surface area contributed by atoms with Gasteiger partial charge in [-0.25, -0.2) is 0 Å².